The first kappa shape index (κ1) is 22.7. The van der Waals surface area contributed by atoms with Gasteiger partial charge in [0.25, 0.3) is 0 Å². The Balaban J connectivity index is 2.84. The maximum absolute atomic E-state index is 12.2. The van der Waals surface area contributed by atoms with Gasteiger partial charge >= 0.3 is 12.1 Å². The van der Waals surface area contributed by atoms with Crippen molar-refractivity contribution in [3.63, 3.8) is 0 Å². The lowest BCUT2D eigenvalue weighted by Crippen LogP contribution is -2.48. The fourth-order valence-corrected chi connectivity index (χ4v) is 2.53. The van der Waals surface area contributed by atoms with Crippen LogP contribution in [0.25, 0.3) is 0 Å². The highest BCUT2D eigenvalue weighted by Crippen LogP contribution is 2.16. The number of nitrogens with one attached hydrogen (secondary N) is 1. The fourth-order valence-electron chi connectivity index (χ4n) is 2.53. The number of aliphatic hydroxyl groups is 1. The van der Waals surface area contributed by atoms with Crippen LogP contribution in [0.4, 0.5) is 4.79 Å². The Morgan fingerprint density at radius 3 is 2.41 bits per heavy atom. The molecule has 150 valence electrons. The van der Waals surface area contributed by atoms with Crippen molar-refractivity contribution in [1.29, 1.82) is 0 Å². The van der Waals surface area contributed by atoms with E-state index in [1.54, 1.807) is 32.9 Å². The third kappa shape index (κ3) is 9.24. The minimum Gasteiger partial charge on any atom is -0.469 e. The summed E-state index contributed by atoms with van der Waals surface area (Å²) in [5.74, 6) is -0.626. The number of amides is 1. The molecule has 1 rings (SSSR count). The largest absolute Gasteiger partial charge is 0.469 e. The van der Waals surface area contributed by atoms with Crippen LogP contribution in [0.1, 0.15) is 39.7 Å². The molecule has 2 N–H and O–H groups in total. The second-order valence-corrected chi connectivity index (χ2v) is 7.50. The van der Waals surface area contributed by atoms with Gasteiger partial charge in [-0.15, -0.1) is 0 Å². The van der Waals surface area contributed by atoms with E-state index in [9.17, 15) is 14.7 Å². The molecule has 0 radical (unpaired) electrons. The molecule has 0 unspecified atom stereocenters. The Morgan fingerprint density at radius 1 is 1.22 bits per heavy atom. The van der Waals surface area contributed by atoms with Gasteiger partial charge in [0.15, 0.2) is 0 Å². The summed E-state index contributed by atoms with van der Waals surface area (Å²) in [4.78, 5) is 23.4. The molecule has 1 aromatic carbocycles. The van der Waals surface area contributed by atoms with Crippen molar-refractivity contribution >= 4 is 12.1 Å². The lowest BCUT2D eigenvalue weighted by atomic mass is 9.92. The molecule has 0 spiro atoms. The molecule has 1 aromatic rings. The van der Waals surface area contributed by atoms with Crippen molar-refractivity contribution < 1.29 is 24.2 Å². The van der Waals surface area contributed by atoms with Crippen molar-refractivity contribution in [1.82, 2.24) is 5.32 Å². The highest BCUT2D eigenvalue weighted by Gasteiger charge is 2.27. The predicted molar refractivity (Wildman–Crippen MR) is 104 cm³/mol. The highest BCUT2D eigenvalue weighted by atomic mass is 16.6. The molecule has 0 bridgehead atoms. The van der Waals surface area contributed by atoms with Gasteiger partial charge < -0.3 is 19.9 Å². The predicted octanol–water partition coefficient (Wildman–Crippen LogP) is 3.24. The molecule has 3 atom stereocenters. The molecule has 0 aliphatic carbocycles. The molecular formula is C21H31NO5. The minimum absolute atomic E-state index is 0.135. The van der Waals surface area contributed by atoms with Gasteiger partial charge in [-0.2, -0.15) is 0 Å². The number of esters is 1. The Labute approximate surface area is 161 Å². The van der Waals surface area contributed by atoms with Crippen LogP contribution >= 0.6 is 0 Å². The lowest BCUT2D eigenvalue weighted by Gasteiger charge is -2.29. The zero-order valence-electron chi connectivity index (χ0n) is 16.8. The molecule has 0 fully saturated rings. The van der Waals surface area contributed by atoms with Gasteiger partial charge in [-0.1, -0.05) is 49.4 Å². The van der Waals surface area contributed by atoms with Crippen LogP contribution in [0.3, 0.4) is 0 Å². The van der Waals surface area contributed by atoms with E-state index >= 15 is 0 Å². The molecule has 0 saturated heterocycles. The topological polar surface area (TPSA) is 84.9 Å². The number of alkyl carbamates (subject to hydrolysis) is 1. The van der Waals surface area contributed by atoms with E-state index in [0.717, 1.165) is 5.56 Å². The molecule has 0 aliphatic rings. The quantitative estimate of drug-likeness (QED) is 0.537. The zero-order chi connectivity index (χ0) is 20.4. The molecular weight excluding hydrogens is 346 g/mol. The first-order chi connectivity index (χ1) is 12.6. The third-order valence-corrected chi connectivity index (χ3v) is 3.90. The van der Waals surface area contributed by atoms with Crippen molar-refractivity contribution in [3.8, 4) is 0 Å². The maximum Gasteiger partial charge on any atom is 0.407 e. The Kier molecular flexibility index (Phi) is 9.02. The first-order valence-electron chi connectivity index (χ1n) is 9.07. The number of benzene rings is 1. The van der Waals surface area contributed by atoms with Gasteiger partial charge in [-0.05, 0) is 32.8 Å². The Bertz CT molecular complexity index is 621. The van der Waals surface area contributed by atoms with Crippen LogP contribution in [0, 0.1) is 5.92 Å². The molecule has 1 amide bonds. The van der Waals surface area contributed by atoms with E-state index < -0.39 is 23.8 Å². The number of carbonyl (C=O) groups is 2. The van der Waals surface area contributed by atoms with Gasteiger partial charge in [0.1, 0.15) is 5.60 Å². The van der Waals surface area contributed by atoms with Crippen molar-refractivity contribution in [2.75, 3.05) is 7.11 Å². The van der Waals surface area contributed by atoms with Gasteiger partial charge in [0.2, 0.25) is 0 Å². The number of hydrogen-bond donors (Lipinski definition) is 2. The Hall–Kier alpha value is -2.34. The number of aliphatic hydroxyl groups excluding tert-OH is 1. The van der Waals surface area contributed by atoms with Crippen LogP contribution in [0.15, 0.2) is 42.5 Å². The Morgan fingerprint density at radius 2 is 1.85 bits per heavy atom. The molecule has 0 aliphatic heterocycles. The summed E-state index contributed by atoms with van der Waals surface area (Å²) in [5.41, 5.74) is 0.363. The van der Waals surface area contributed by atoms with E-state index in [1.165, 1.54) is 7.11 Å². The van der Waals surface area contributed by atoms with Crippen LogP contribution in [-0.2, 0) is 20.7 Å². The molecule has 0 saturated carbocycles. The summed E-state index contributed by atoms with van der Waals surface area (Å²) >= 11 is 0. The molecule has 6 nitrogen and oxygen atoms in total. The first-order valence-corrected chi connectivity index (χ1v) is 9.07. The van der Waals surface area contributed by atoms with Crippen molar-refractivity contribution in [2.45, 2.75) is 58.3 Å². The van der Waals surface area contributed by atoms with Crippen molar-refractivity contribution in [3.05, 3.63) is 48.0 Å². The minimum atomic E-state index is -0.855. The maximum atomic E-state index is 12.2. The molecule has 0 heterocycles. The number of hydrogen-bond acceptors (Lipinski definition) is 5. The standard InChI is InChI=1S/C21H31NO5/c1-15(10-9-13-18(23)26-5)19(24)17(14-16-11-7-6-8-12-16)22-20(25)27-21(2,3)4/h6-12,15,17,19,24H,13-14H2,1-5H3,(H,22,25)/b10-9+/t15-,17-,19-/m0/s1. The van der Waals surface area contributed by atoms with E-state index in [2.05, 4.69) is 10.1 Å². The van der Waals surface area contributed by atoms with Crippen LogP contribution in [0.2, 0.25) is 0 Å². The average Bonchev–Trinajstić information content (AvgIpc) is 2.59. The van der Waals surface area contributed by atoms with Gasteiger partial charge in [-0.25, -0.2) is 4.79 Å². The van der Waals surface area contributed by atoms with Gasteiger partial charge in [-0.3, -0.25) is 4.79 Å². The van der Waals surface area contributed by atoms with Crippen LogP contribution < -0.4 is 5.32 Å². The molecule has 6 heteroatoms. The highest BCUT2D eigenvalue weighted by molar-refractivity contribution is 5.70. The van der Waals surface area contributed by atoms with Gasteiger partial charge in [0, 0.05) is 5.92 Å². The van der Waals surface area contributed by atoms with Crippen molar-refractivity contribution in [2.24, 2.45) is 5.92 Å². The van der Waals surface area contributed by atoms with E-state index in [0.29, 0.717) is 6.42 Å². The fraction of sp³-hybridized carbons (Fsp3) is 0.524. The smallest absolute Gasteiger partial charge is 0.407 e. The second kappa shape index (κ2) is 10.7. The number of rotatable bonds is 8. The molecule has 0 aromatic heterocycles. The van der Waals surface area contributed by atoms with E-state index in [1.807, 2.05) is 37.3 Å². The van der Waals surface area contributed by atoms with Crippen LogP contribution in [0.5, 0.6) is 0 Å². The third-order valence-electron chi connectivity index (χ3n) is 3.90. The SMILES string of the molecule is COC(=O)C/C=C/[C@H](C)[C@H](O)[C@H](Cc1ccccc1)NC(=O)OC(C)(C)C. The number of ether oxygens (including phenoxy) is 2. The monoisotopic (exact) mass is 377 g/mol. The van der Waals surface area contributed by atoms with Crippen LogP contribution in [-0.4, -0.2) is 42.0 Å². The zero-order valence-corrected chi connectivity index (χ0v) is 16.8. The summed E-state index contributed by atoms with van der Waals surface area (Å²) < 4.78 is 9.91. The average molecular weight is 377 g/mol. The normalized spacial score (nSPS) is 15.0. The summed E-state index contributed by atoms with van der Waals surface area (Å²) in [5, 5.41) is 13.5. The van der Waals surface area contributed by atoms with E-state index in [4.69, 9.17) is 4.74 Å². The lowest BCUT2D eigenvalue weighted by molar-refractivity contribution is -0.139. The number of methoxy groups -OCH3 is 1. The summed E-state index contributed by atoms with van der Waals surface area (Å²) in [6.45, 7) is 7.18. The summed E-state index contributed by atoms with van der Waals surface area (Å²) in [6, 6.07) is 9.06. The van der Waals surface area contributed by atoms with Gasteiger partial charge in [0.05, 0.1) is 25.7 Å². The number of carbonyl (C=O) groups excluding carboxylic acids is 2. The second-order valence-electron chi connectivity index (χ2n) is 7.50. The molecule has 27 heavy (non-hydrogen) atoms. The summed E-state index contributed by atoms with van der Waals surface area (Å²) in [7, 11) is 1.33. The summed E-state index contributed by atoms with van der Waals surface area (Å²) in [6.07, 6.45) is 2.57. The van der Waals surface area contributed by atoms with E-state index in [-0.39, 0.29) is 18.3 Å².